The van der Waals surface area contributed by atoms with E-state index in [1.807, 2.05) is 36.4 Å². The molecule has 1 saturated carbocycles. The van der Waals surface area contributed by atoms with Gasteiger partial charge in [0.25, 0.3) is 0 Å². The number of carbonyl (C=O) groups excluding carboxylic acids is 1. The zero-order chi connectivity index (χ0) is 13.2. The third kappa shape index (κ3) is 2.37. The molecular formula is C16H14O3. The van der Waals surface area contributed by atoms with Gasteiger partial charge >= 0.3 is 5.97 Å². The molecule has 19 heavy (non-hydrogen) atoms. The van der Waals surface area contributed by atoms with Crippen LogP contribution < -0.4 is 0 Å². The summed E-state index contributed by atoms with van der Waals surface area (Å²) in [6, 6.07) is 18.4. The highest BCUT2D eigenvalue weighted by Crippen LogP contribution is 2.43. The van der Waals surface area contributed by atoms with Crippen molar-refractivity contribution >= 4 is 5.97 Å². The molecule has 1 fully saturated rings. The minimum atomic E-state index is -0.602. The number of aliphatic hydroxyl groups is 1. The Morgan fingerprint density at radius 1 is 0.947 bits per heavy atom. The first-order chi connectivity index (χ1) is 9.27. The lowest BCUT2D eigenvalue weighted by Crippen LogP contribution is -2.09. The van der Waals surface area contributed by atoms with Crippen molar-refractivity contribution in [2.24, 2.45) is 0 Å². The number of benzene rings is 2. The fourth-order valence-electron chi connectivity index (χ4n) is 2.24. The Morgan fingerprint density at radius 2 is 1.53 bits per heavy atom. The summed E-state index contributed by atoms with van der Waals surface area (Å²) in [4.78, 5) is 11.9. The van der Waals surface area contributed by atoms with Gasteiger partial charge in [-0.1, -0.05) is 48.5 Å². The predicted octanol–water partition coefficient (Wildman–Crippen LogP) is 2.37. The Morgan fingerprint density at radius 3 is 2.16 bits per heavy atom. The standard InChI is InChI=1S/C16H14O3/c17-14-13(11-7-3-1-4-8-11)15(14)19-16(18)12-9-5-2-6-10-12/h1-10,13-15,17H/t13?,14?,15-/m0/s1. The Hall–Kier alpha value is -2.13. The van der Waals surface area contributed by atoms with Gasteiger partial charge in [-0.15, -0.1) is 0 Å². The lowest BCUT2D eigenvalue weighted by atomic mass is 10.1. The summed E-state index contributed by atoms with van der Waals surface area (Å²) in [6.07, 6.45) is -1.04. The highest BCUT2D eigenvalue weighted by atomic mass is 16.6. The van der Waals surface area contributed by atoms with Gasteiger partial charge in [-0.2, -0.15) is 0 Å². The SMILES string of the molecule is O=C(O[C@@H]1C(O)C1c1ccccc1)c1ccccc1. The van der Waals surface area contributed by atoms with Crippen LogP contribution in [0.15, 0.2) is 60.7 Å². The summed E-state index contributed by atoms with van der Waals surface area (Å²) in [6.45, 7) is 0. The van der Waals surface area contributed by atoms with Crippen LogP contribution in [0.5, 0.6) is 0 Å². The first-order valence-electron chi connectivity index (χ1n) is 6.26. The van der Waals surface area contributed by atoms with E-state index >= 15 is 0 Å². The molecule has 0 radical (unpaired) electrons. The van der Waals surface area contributed by atoms with E-state index in [4.69, 9.17) is 4.74 Å². The summed E-state index contributed by atoms with van der Waals surface area (Å²) in [5.41, 5.74) is 1.51. The first kappa shape index (κ1) is 11.9. The molecule has 2 unspecified atom stereocenters. The van der Waals surface area contributed by atoms with Crippen molar-refractivity contribution in [2.75, 3.05) is 0 Å². The molecule has 0 bridgehead atoms. The lowest BCUT2D eigenvalue weighted by molar-refractivity contribution is 0.0397. The molecule has 2 aromatic carbocycles. The molecule has 3 nitrogen and oxygen atoms in total. The minimum Gasteiger partial charge on any atom is -0.455 e. The van der Waals surface area contributed by atoms with Crippen LogP contribution in [0.4, 0.5) is 0 Å². The molecule has 96 valence electrons. The Bertz CT molecular complexity index is 565. The molecule has 0 amide bonds. The van der Waals surface area contributed by atoms with Crippen LogP contribution >= 0.6 is 0 Å². The maximum Gasteiger partial charge on any atom is 0.338 e. The van der Waals surface area contributed by atoms with Gasteiger partial charge in [-0.3, -0.25) is 0 Å². The average Bonchev–Trinajstić information content (AvgIpc) is 3.10. The largest absolute Gasteiger partial charge is 0.455 e. The van der Waals surface area contributed by atoms with E-state index in [9.17, 15) is 9.90 Å². The number of carbonyl (C=O) groups is 1. The van der Waals surface area contributed by atoms with Crippen molar-refractivity contribution in [2.45, 2.75) is 18.1 Å². The predicted molar refractivity (Wildman–Crippen MR) is 70.8 cm³/mol. The number of hydrogen-bond donors (Lipinski definition) is 1. The quantitative estimate of drug-likeness (QED) is 0.855. The molecule has 2 aromatic rings. The normalized spacial score (nSPS) is 24.8. The topological polar surface area (TPSA) is 46.5 Å². The van der Waals surface area contributed by atoms with Crippen LogP contribution in [-0.4, -0.2) is 23.3 Å². The molecule has 0 spiro atoms. The van der Waals surface area contributed by atoms with Gasteiger partial charge in [0.1, 0.15) is 12.2 Å². The van der Waals surface area contributed by atoms with Gasteiger partial charge in [0.15, 0.2) is 0 Å². The van der Waals surface area contributed by atoms with Crippen LogP contribution in [-0.2, 0) is 4.74 Å². The smallest absolute Gasteiger partial charge is 0.338 e. The van der Waals surface area contributed by atoms with Crippen molar-refractivity contribution in [3.05, 3.63) is 71.8 Å². The lowest BCUT2D eigenvalue weighted by Gasteiger charge is -2.03. The highest BCUT2D eigenvalue weighted by molar-refractivity contribution is 5.89. The van der Waals surface area contributed by atoms with E-state index < -0.39 is 12.2 Å². The van der Waals surface area contributed by atoms with Crippen molar-refractivity contribution in [1.82, 2.24) is 0 Å². The van der Waals surface area contributed by atoms with E-state index in [0.717, 1.165) is 5.56 Å². The van der Waals surface area contributed by atoms with Crippen LogP contribution in [0.3, 0.4) is 0 Å². The van der Waals surface area contributed by atoms with Gasteiger partial charge in [0.2, 0.25) is 0 Å². The second-order valence-electron chi connectivity index (χ2n) is 4.66. The Kier molecular flexibility index (Phi) is 3.05. The van der Waals surface area contributed by atoms with Crippen molar-refractivity contribution in [3.8, 4) is 0 Å². The molecule has 1 N–H and O–H groups in total. The number of esters is 1. The van der Waals surface area contributed by atoms with Crippen molar-refractivity contribution in [3.63, 3.8) is 0 Å². The molecule has 3 heteroatoms. The summed E-state index contributed by atoms with van der Waals surface area (Å²) in [5, 5.41) is 9.86. The summed E-state index contributed by atoms with van der Waals surface area (Å²) >= 11 is 0. The number of hydrogen-bond acceptors (Lipinski definition) is 3. The molecular weight excluding hydrogens is 240 g/mol. The number of rotatable bonds is 3. The zero-order valence-corrected chi connectivity index (χ0v) is 10.3. The van der Waals surface area contributed by atoms with Gasteiger partial charge in [-0.25, -0.2) is 4.79 Å². The van der Waals surface area contributed by atoms with E-state index in [1.165, 1.54) is 0 Å². The second-order valence-corrected chi connectivity index (χ2v) is 4.66. The number of ether oxygens (including phenoxy) is 1. The van der Waals surface area contributed by atoms with E-state index in [1.54, 1.807) is 24.3 Å². The third-order valence-electron chi connectivity index (χ3n) is 3.35. The molecule has 0 aromatic heterocycles. The van der Waals surface area contributed by atoms with Gasteiger partial charge in [0, 0.05) is 0 Å². The molecule has 0 aliphatic heterocycles. The highest BCUT2D eigenvalue weighted by Gasteiger charge is 2.53. The van der Waals surface area contributed by atoms with Crippen molar-refractivity contribution in [1.29, 1.82) is 0 Å². The number of aliphatic hydroxyl groups excluding tert-OH is 1. The molecule has 0 saturated heterocycles. The maximum absolute atomic E-state index is 11.9. The summed E-state index contributed by atoms with van der Waals surface area (Å²) in [7, 11) is 0. The summed E-state index contributed by atoms with van der Waals surface area (Å²) in [5.74, 6) is -0.489. The average molecular weight is 254 g/mol. The van der Waals surface area contributed by atoms with Gasteiger partial charge in [-0.05, 0) is 17.7 Å². The minimum absolute atomic E-state index is 0.103. The van der Waals surface area contributed by atoms with Crippen LogP contribution in [0.25, 0.3) is 0 Å². The molecule has 3 atom stereocenters. The maximum atomic E-state index is 11.9. The van der Waals surface area contributed by atoms with Crippen LogP contribution in [0.1, 0.15) is 21.8 Å². The van der Waals surface area contributed by atoms with Gasteiger partial charge in [0.05, 0.1) is 11.5 Å². The molecule has 1 aliphatic rings. The fraction of sp³-hybridized carbons (Fsp3) is 0.188. The van der Waals surface area contributed by atoms with E-state index in [0.29, 0.717) is 5.56 Å². The van der Waals surface area contributed by atoms with Crippen LogP contribution in [0, 0.1) is 0 Å². The first-order valence-corrected chi connectivity index (χ1v) is 6.26. The Balaban J connectivity index is 1.68. The molecule has 0 heterocycles. The monoisotopic (exact) mass is 254 g/mol. The second kappa shape index (κ2) is 4.86. The van der Waals surface area contributed by atoms with Crippen molar-refractivity contribution < 1.29 is 14.6 Å². The molecule has 3 rings (SSSR count). The summed E-state index contributed by atoms with van der Waals surface area (Å²) < 4.78 is 5.34. The van der Waals surface area contributed by atoms with E-state index in [2.05, 4.69) is 0 Å². The third-order valence-corrected chi connectivity index (χ3v) is 3.35. The zero-order valence-electron chi connectivity index (χ0n) is 10.3. The van der Waals surface area contributed by atoms with E-state index in [-0.39, 0.29) is 11.9 Å². The molecule has 1 aliphatic carbocycles. The fourth-order valence-corrected chi connectivity index (χ4v) is 2.24. The van der Waals surface area contributed by atoms with Crippen LogP contribution in [0.2, 0.25) is 0 Å². The van der Waals surface area contributed by atoms with Gasteiger partial charge < -0.3 is 9.84 Å². The Labute approximate surface area is 111 Å².